The molecule has 178 valence electrons. The molecule has 0 aliphatic carbocycles. The number of fused-ring (bicyclic) bond motifs is 1. The van der Waals surface area contributed by atoms with Gasteiger partial charge in [0.25, 0.3) is 0 Å². The van der Waals surface area contributed by atoms with E-state index in [-0.39, 0.29) is 29.2 Å². The fourth-order valence-corrected chi connectivity index (χ4v) is 6.77. The zero-order valence-corrected chi connectivity index (χ0v) is 20.8. The second-order valence-corrected chi connectivity index (χ2v) is 11.8. The van der Waals surface area contributed by atoms with E-state index in [1.807, 2.05) is 25.1 Å². The summed E-state index contributed by atoms with van der Waals surface area (Å²) in [5.41, 5.74) is 2.77. The van der Waals surface area contributed by atoms with Crippen molar-refractivity contribution in [1.29, 1.82) is 0 Å². The number of hydrogen-bond acceptors (Lipinski definition) is 6. The quantitative estimate of drug-likeness (QED) is 0.338. The summed E-state index contributed by atoms with van der Waals surface area (Å²) in [6.45, 7) is 4.92. The molecule has 4 rings (SSSR count). The molecule has 3 heterocycles. The third-order valence-corrected chi connectivity index (χ3v) is 8.59. The molecule has 1 aliphatic heterocycles. The van der Waals surface area contributed by atoms with Crippen LogP contribution in [0.4, 0.5) is 5.82 Å². The van der Waals surface area contributed by atoms with E-state index in [0.717, 1.165) is 34.8 Å². The van der Waals surface area contributed by atoms with Crippen molar-refractivity contribution in [3.8, 4) is 0 Å². The number of nitrogens with zero attached hydrogens (tertiary/aromatic N) is 4. The van der Waals surface area contributed by atoms with Crippen LogP contribution in [0, 0.1) is 6.92 Å². The number of nitrogens with one attached hydrogen (secondary N) is 1. The lowest BCUT2D eigenvalue weighted by Crippen LogP contribution is -2.20. The number of imidazole rings is 1. The fraction of sp³-hybridized carbons (Fsp3) is 0.522. The standard InChI is InChI=1S/C23H31N5O3S2/c1-3-4-5-8-12-27-20-10-7-6-9-19(20)24-23(27)32-15-22(29)25-21-14-17(2)26-28(21)18-11-13-33(30,31)16-18/h6-7,9-10,14,18H,3-5,8,11-13,15-16H2,1-2H3,(H,25,29)/t18-/m0/s1. The molecule has 1 amide bonds. The highest BCUT2D eigenvalue weighted by Gasteiger charge is 2.31. The van der Waals surface area contributed by atoms with Crippen LogP contribution in [0.1, 0.15) is 50.8 Å². The number of benzene rings is 1. The van der Waals surface area contributed by atoms with Gasteiger partial charge in [-0.25, -0.2) is 18.1 Å². The molecule has 1 aromatic carbocycles. The Morgan fingerprint density at radius 2 is 2.06 bits per heavy atom. The zero-order chi connectivity index (χ0) is 23.4. The second kappa shape index (κ2) is 10.3. The van der Waals surface area contributed by atoms with Crippen molar-refractivity contribution < 1.29 is 13.2 Å². The van der Waals surface area contributed by atoms with E-state index < -0.39 is 9.84 Å². The van der Waals surface area contributed by atoms with Crippen LogP contribution in [0.25, 0.3) is 11.0 Å². The Labute approximate surface area is 199 Å². The molecule has 1 fully saturated rings. The van der Waals surface area contributed by atoms with Crippen molar-refractivity contribution in [2.24, 2.45) is 0 Å². The lowest BCUT2D eigenvalue weighted by atomic mass is 10.2. The average Bonchev–Trinajstić information content (AvgIpc) is 3.44. The summed E-state index contributed by atoms with van der Waals surface area (Å²) in [7, 11) is -3.04. The maximum Gasteiger partial charge on any atom is 0.235 e. The number of anilines is 1. The number of amides is 1. The minimum Gasteiger partial charge on any atom is -0.319 e. The molecule has 10 heteroatoms. The van der Waals surface area contributed by atoms with Crippen molar-refractivity contribution >= 4 is 44.4 Å². The summed E-state index contributed by atoms with van der Waals surface area (Å²) in [5.74, 6) is 0.827. The smallest absolute Gasteiger partial charge is 0.235 e. The predicted octanol–water partition coefficient (Wildman–Crippen LogP) is 4.21. The largest absolute Gasteiger partial charge is 0.319 e. The summed E-state index contributed by atoms with van der Waals surface area (Å²) >= 11 is 1.42. The van der Waals surface area contributed by atoms with Crippen LogP contribution in [0.15, 0.2) is 35.5 Å². The number of carbonyl (C=O) groups is 1. The fourth-order valence-electron chi connectivity index (χ4n) is 4.24. The van der Waals surface area contributed by atoms with E-state index in [0.29, 0.717) is 12.2 Å². The van der Waals surface area contributed by atoms with Crippen molar-refractivity contribution in [2.75, 3.05) is 22.6 Å². The SMILES string of the molecule is CCCCCCn1c(SCC(=O)Nc2cc(C)nn2[C@H]2CCS(=O)(=O)C2)nc2ccccc21. The maximum absolute atomic E-state index is 12.8. The summed E-state index contributed by atoms with van der Waals surface area (Å²) in [6.07, 6.45) is 5.18. The molecule has 1 N–H and O–H groups in total. The molecule has 33 heavy (non-hydrogen) atoms. The highest BCUT2D eigenvalue weighted by atomic mass is 32.2. The average molecular weight is 490 g/mol. The van der Waals surface area contributed by atoms with Gasteiger partial charge < -0.3 is 9.88 Å². The molecule has 2 aromatic heterocycles. The Morgan fingerprint density at radius 3 is 2.82 bits per heavy atom. The maximum atomic E-state index is 12.8. The van der Waals surface area contributed by atoms with Crippen LogP contribution >= 0.6 is 11.8 Å². The summed E-state index contributed by atoms with van der Waals surface area (Å²) in [4.78, 5) is 17.5. The van der Waals surface area contributed by atoms with Gasteiger partial charge in [-0.1, -0.05) is 50.1 Å². The number of para-hydroxylation sites is 2. The van der Waals surface area contributed by atoms with Crippen molar-refractivity contribution in [2.45, 2.75) is 63.7 Å². The van der Waals surface area contributed by atoms with Gasteiger partial charge in [0.1, 0.15) is 5.82 Å². The van der Waals surface area contributed by atoms with Crippen LogP contribution in [-0.4, -0.2) is 50.9 Å². The molecule has 1 aliphatic rings. The number of rotatable bonds is 10. The van der Waals surface area contributed by atoms with Crippen LogP contribution in [-0.2, 0) is 21.2 Å². The van der Waals surface area contributed by atoms with Crippen LogP contribution in [0.2, 0.25) is 0 Å². The van der Waals surface area contributed by atoms with E-state index in [1.54, 1.807) is 10.7 Å². The Balaban J connectivity index is 1.43. The zero-order valence-electron chi connectivity index (χ0n) is 19.2. The number of aryl methyl sites for hydroxylation is 2. The van der Waals surface area contributed by atoms with Gasteiger partial charge in [0.15, 0.2) is 15.0 Å². The van der Waals surface area contributed by atoms with Crippen LogP contribution in [0.3, 0.4) is 0 Å². The van der Waals surface area contributed by atoms with Crippen LogP contribution < -0.4 is 5.32 Å². The molecule has 3 aromatic rings. The number of sulfone groups is 1. The lowest BCUT2D eigenvalue weighted by molar-refractivity contribution is -0.113. The lowest BCUT2D eigenvalue weighted by Gasteiger charge is -2.14. The van der Waals surface area contributed by atoms with E-state index >= 15 is 0 Å². The monoisotopic (exact) mass is 489 g/mol. The molecule has 0 bridgehead atoms. The normalized spacial score (nSPS) is 17.6. The molecular weight excluding hydrogens is 458 g/mol. The van der Waals surface area contributed by atoms with Gasteiger partial charge in [0.05, 0.1) is 40.0 Å². The van der Waals surface area contributed by atoms with Gasteiger partial charge in [-0.2, -0.15) is 5.10 Å². The van der Waals surface area contributed by atoms with Crippen molar-refractivity contribution in [3.05, 3.63) is 36.0 Å². The number of thioether (sulfide) groups is 1. The first-order valence-electron chi connectivity index (χ1n) is 11.5. The molecule has 1 saturated heterocycles. The highest BCUT2D eigenvalue weighted by molar-refractivity contribution is 7.99. The van der Waals surface area contributed by atoms with Crippen molar-refractivity contribution in [3.63, 3.8) is 0 Å². The Kier molecular flexibility index (Phi) is 7.43. The second-order valence-electron chi connectivity index (χ2n) is 8.60. The number of unbranched alkanes of at least 4 members (excludes halogenated alkanes) is 3. The predicted molar refractivity (Wildman–Crippen MR) is 133 cm³/mol. The third-order valence-electron chi connectivity index (χ3n) is 5.87. The summed E-state index contributed by atoms with van der Waals surface area (Å²) < 4.78 is 27.6. The Bertz CT molecular complexity index is 1230. The van der Waals surface area contributed by atoms with E-state index in [9.17, 15) is 13.2 Å². The molecule has 0 saturated carbocycles. The Hall–Kier alpha value is -2.33. The molecule has 8 nitrogen and oxygen atoms in total. The summed E-state index contributed by atoms with van der Waals surface area (Å²) in [5, 5.41) is 8.21. The minimum atomic E-state index is -3.04. The molecular formula is C23H31N5O3S2. The van der Waals surface area contributed by atoms with Gasteiger partial charge in [-0.05, 0) is 31.9 Å². The molecule has 0 spiro atoms. The topological polar surface area (TPSA) is 98.9 Å². The first-order chi connectivity index (χ1) is 15.9. The van der Waals surface area contributed by atoms with Crippen molar-refractivity contribution in [1.82, 2.24) is 19.3 Å². The van der Waals surface area contributed by atoms with E-state index in [4.69, 9.17) is 4.98 Å². The van der Waals surface area contributed by atoms with Gasteiger partial charge in [-0.3, -0.25) is 4.79 Å². The van der Waals surface area contributed by atoms with Gasteiger partial charge in [0.2, 0.25) is 5.91 Å². The number of aromatic nitrogens is 4. The molecule has 0 unspecified atom stereocenters. The molecule has 0 radical (unpaired) electrons. The number of hydrogen-bond donors (Lipinski definition) is 1. The van der Waals surface area contributed by atoms with Gasteiger partial charge >= 0.3 is 0 Å². The van der Waals surface area contributed by atoms with Crippen LogP contribution in [0.5, 0.6) is 0 Å². The first kappa shape index (κ1) is 23.8. The van der Waals surface area contributed by atoms with Gasteiger partial charge in [0, 0.05) is 12.6 Å². The summed E-state index contributed by atoms with van der Waals surface area (Å²) in [6, 6.07) is 9.61. The Morgan fingerprint density at radius 1 is 1.24 bits per heavy atom. The van der Waals surface area contributed by atoms with E-state index in [1.165, 1.54) is 31.0 Å². The third kappa shape index (κ3) is 5.78. The minimum absolute atomic E-state index is 0.0633. The van der Waals surface area contributed by atoms with E-state index in [2.05, 4.69) is 28.0 Å². The highest BCUT2D eigenvalue weighted by Crippen LogP contribution is 2.28. The molecule has 1 atom stereocenters. The number of carbonyl (C=O) groups excluding carboxylic acids is 1. The van der Waals surface area contributed by atoms with Gasteiger partial charge in [-0.15, -0.1) is 0 Å². The first-order valence-corrected chi connectivity index (χ1v) is 14.3.